The number of aromatic carboxylic acids is 1. The van der Waals surface area contributed by atoms with Gasteiger partial charge in [-0.15, -0.1) is 0 Å². The Hall–Kier alpha value is -4.50. The third kappa shape index (κ3) is 8.54. The average molecular weight is 598 g/mol. The molecule has 0 saturated carbocycles. The monoisotopic (exact) mass is 597 g/mol. The number of ketones is 1. The van der Waals surface area contributed by atoms with Gasteiger partial charge < -0.3 is 20.3 Å². The molecular formula is C35H43N5O4. The van der Waals surface area contributed by atoms with Crippen LogP contribution in [-0.2, 0) is 0 Å². The van der Waals surface area contributed by atoms with Crippen molar-refractivity contribution in [2.24, 2.45) is 0 Å². The fourth-order valence-corrected chi connectivity index (χ4v) is 5.56. The number of urea groups is 1. The number of anilines is 2. The smallest absolute Gasteiger partial charge is 0.335 e. The Morgan fingerprint density at radius 1 is 0.932 bits per heavy atom. The molecule has 2 aromatic heterocycles. The number of likely N-dealkylation sites (tertiary alicyclic amines) is 1. The van der Waals surface area contributed by atoms with Crippen LogP contribution in [0.4, 0.5) is 16.3 Å². The number of para-hydroxylation sites is 1. The van der Waals surface area contributed by atoms with Crippen LogP contribution in [0.15, 0.2) is 66.9 Å². The highest BCUT2D eigenvalue weighted by atomic mass is 16.4. The number of carboxylic acids is 1. The molecule has 4 aromatic rings. The number of benzene rings is 2. The van der Waals surface area contributed by atoms with E-state index in [0.29, 0.717) is 35.0 Å². The van der Waals surface area contributed by atoms with Crippen molar-refractivity contribution in [2.75, 3.05) is 30.3 Å². The second kappa shape index (κ2) is 15.8. The van der Waals surface area contributed by atoms with Gasteiger partial charge in [-0.05, 0) is 93.2 Å². The molecule has 0 spiro atoms. The molecular weight excluding hydrogens is 554 g/mol. The molecule has 9 nitrogen and oxygen atoms in total. The van der Waals surface area contributed by atoms with Gasteiger partial charge in [0.2, 0.25) is 0 Å². The number of carbonyl (C=O) groups excluding carboxylic acids is 2. The third-order valence-electron chi connectivity index (χ3n) is 8.07. The van der Waals surface area contributed by atoms with Gasteiger partial charge in [-0.3, -0.25) is 10.1 Å². The minimum Gasteiger partial charge on any atom is -0.478 e. The number of nitrogens with zero attached hydrogens (tertiary/aromatic N) is 2. The van der Waals surface area contributed by atoms with E-state index >= 15 is 0 Å². The SMILES string of the molecule is CCCCCN1CCC(c2c[nH]c3ccc(NC(=O)Nc4ccccc4C(=O)CC)nc23)CC1.Cc1ccccc1C(=O)O. The lowest BCUT2D eigenvalue weighted by Gasteiger charge is -2.31. The van der Waals surface area contributed by atoms with Gasteiger partial charge in [-0.25, -0.2) is 14.6 Å². The van der Waals surface area contributed by atoms with E-state index in [0.717, 1.165) is 42.5 Å². The number of aryl methyl sites for hydroxylation is 1. The zero-order valence-electron chi connectivity index (χ0n) is 25.9. The van der Waals surface area contributed by atoms with Crippen molar-refractivity contribution in [3.05, 3.63) is 89.1 Å². The highest BCUT2D eigenvalue weighted by Gasteiger charge is 2.23. The second-order valence-electron chi connectivity index (χ2n) is 11.2. The standard InChI is InChI=1S/C27H35N5O2.C8H8O2/c1-3-5-8-15-32-16-13-19(14-17-32)21-18-28-23-11-12-25(30-26(21)23)31-27(34)29-22-10-7-6-9-20(22)24(33)4-2;1-6-4-2-3-5-7(6)8(9)10/h6-7,9-12,18-19,28H,3-5,8,13-17H2,1-2H3,(H2,29,30,31,34);2-5H,1H3,(H,9,10). The van der Waals surface area contributed by atoms with Gasteiger partial charge in [0, 0.05) is 18.2 Å². The Morgan fingerprint density at radius 3 is 2.30 bits per heavy atom. The molecule has 5 rings (SSSR count). The summed E-state index contributed by atoms with van der Waals surface area (Å²) in [6.07, 6.45) is 8.55. The Balaban J connectivity index is 0.000000375. The van der Waals surface area contributed by atoms with E-state index < -0.39 is 12.0 Å². The van der Waals surface area contributed by atoms with Gasteiger partial charge in [0.1, 0.15) is 5.82 Å². The minimum atomic E-state index is -0.863. The predicted molar refractivity (Wildman–Crippen MR) is 176 cm³/mol. The number of fused-ring (bicyclic) bond motifs is 1. The number of unbranched alkanes of at least 4 members (excludes halogenated alkanes) is 2. The van der Waals surface area contributed by atoms with Crippen LogP contribution in [0.5, 0.6) is 0 Å². The number of aromatic amines is 1. The number of carbonyl (C=O) groups is 3. The van der Waals surface area contributed by atoms with Gasteiger partial charge in [0.25, 0.3) is 0 Å². The Bertz CT molecular complexity index is 1570. The molecule has 232 valence electrons. The molecule has 1 saturated heterocycles. The quantitative estimate of drug-likeness (QED) is 0.109. The van der Waals surface area contributed by atoms with E-state index in [1.54, 1.807) is 55.5 Å². The van der Waals surface area contributed by atoms with Gasteiger partial charge in [-0.2, -0.15) is 0 Å². The van der Waals surface area contributed by atoms with Crippen molar-refractivity contribution in [2.45, 2.75) is 65.2 Å². The first-order valence-corrected chi connectivity index (χ1v) is 15.5. The topological polar surface area (TPSA) is 127 Å². The summed E-state index contributed by atoms with van der Waals surface area (Å²) in [5.74, 6) is 0.0868. The van der Waals surface area contributed by atoms with Crippen LogP contribution in [0.2, 0.25) is 0 Å². The van der Waals surface area contributed by atoms with Crippen molar-refractivity contribution in [1.82, 2.24) is 14.9 Å². The molecule has 1 fully saturated rings. The van der Waals surface area contributed by atoms with Crippen LogP contribution < -0.4 is 10.6 Å². The summed E-state index contributed by atoms with van der Waals surface area (Å²) in [5.41, 5.74) is 5.32. The molecule has 1 aliphatic rings. The first-order chi connectivity index (χ1) is 21.3. The maximum atomic E-state index is 12.7. The van der Waals surface area contributed by atoms with Crippen LogP contribution in [0.1, 0.15) is 90.1 Å². The largest absolute Gasteiger partial charge is 0.478 e. The molecule has 0 radical (unpaired) electrons. The lowest BCUT2D eigenvalue weighted by Crippen LogP contribution is -2.33. The Morgan fingerprint density at radius 2 is 1.64 bits per heavy atom. The Kier molecular flexibility index (Phi) is 11.7. The number of hydrogen-bond acceptors (Lipinski definition) is 5. The number of amides is 2. The zero-order valence-corrected chi connectivity index (χ0v) is 25.9. The van der Waals surface area contributed by atoms with Crippen molar-refractivity contribution in [3.8, 4) is 0 Å². The van der Waals surface area contributed by atoms with Crippen molar-refractivity contribution < 1.29 is 19.5 Å². The van der Waals surface area contributed by atoms with E-state index in [2.05, 4.69) is 33.6 Å². The fourth-order valence-electron chi connectivity index (χ4n) is 5.56. The molecule has 0 unspecified atom stereocenters. The molecule has 0 atom stereocenters. The number of H-pyrrole nitrogens is 1. The number of pyridine rings is 1. The number of nitrogens with one attached hydrogen (secondary N) is 3. The summed E-state index contributed by atoms with van der Waals surface area (Å²) in [6, 6.07) is 17.3. The molecule has 0 bridgehead atoms. The van der Waals surface area contributed by atoms with Gasteiger partial charge >= 0.3 is 12.0 Å². The molecule has 4 N–H and O–H groups in total. The number of carboxylic acid groups (broad SMARTS) is 1. The maximum Gasteiger partial charge on any atom is 0.335 e. The number of aromatic nitrogens is 2. The molecule has 44 heavy (non-hydrogen) atoms. The number of hydrogen-bond donors (Lipinski definition) is 4. The van der Waals surface area contributed by atoms with Crippen LogP contribution >= 0.6 is 0 Å². The van der Waals surface area contributed by atoms with Gasteiger partial charge in [0.15, 0.2) is 5.78 Å². The first-order valence-electron chi connectivity index (χ1n) is 15.5. The van der Waals surface area contributed by atoms with E-state index in [9.17, 15) is 14.4 Å². The van der Waals surface area contributed by atoms with Crippen molar-refractivity contribution in [3.63, 3.8) is 0 Å². The summed E-state index contributed by atoms with van der Waals surface area (Å²) < 4.78 is 0. The van der Waals surface area contributed by atoms with Crippen LogP contribution in [0.25, 0.3) is 11.0 Å². The average Bonchev–Trinajstić information content (AvgIpc) is 3.45. The normalized spacial score (nSPS) is 13.6. The summed E-state index contributed by atoms with van der Waals surface area (Å²) in [4.78, 5) is 45.9. The van der Waals surface area contributed by atoms with Gasteiger partial charge in [0.05, 0.1) is 22.3 Å². The van der Waals surface area contributed by atoms with Gasteiger partial charge in [-0.1, -0.05) is 57.0 Å². The number of rotatable bonds is 10. The highest BCUT2D eigenvalue weighted by molar-refractivity contribution is 6.07. The molecule has 2 amide bonds. The lowest BCUT2D eigenvalue weighted by atomic mass is 9.90. The van der Waals surface area contributed by atoms with E-state index in [1.807, 2.05) is 19.1 Å². The van der Waals surface area contributed by atoms with E-state index in [1.165, 1.54) is 31.4 Å². The van der Waals surface area contributed by atoms with Crippen molar-refractivity contribution in [1.29, 1.82) is 0 Å². The molecule has 2 aromatic carbocycles. The van der Waals surface area contributed by atoms with E-state index in [-0.39, 0.29) is 5.78 Å². The maximum absolute atomic E-state index is 12.7. The lowest BCUT2D eigenvalue weighted by molar-refractivity contribution is 0.0695. The molecule has 1 aliphatic heterocycles. The highest BCUT2D eigenvalue weighted by Crippen LogP contribution is 2.33. The zero-order chi connectivity index (χ0) is 31.5. The van der Waals surface area contributed by atoms with Crippen LogP contribution in [0, 0.1) is 6.92 Å². The van der Waals surface area contributed by atoms with Crippen LogP contribution in [-0.4, -0.2) is 57.4 Å². The number of piperidine rings is 1. The molecule has 9 heteroatoms. The number of Topliss-reactive ketones (excluding diaryl/α,β-unsaturated/α-hetero) is 1. The predicted octanol–water partition coefficient (Wildman–Crippen LogP) is 7.86. The molecule has 3 heterocycles. The summed E-state index contributed by atoms with van der Waals surface area (Å²) in [7, 11) is 0. The van der Waals surface area contributed by atoms with E-state index in [4.69, 9.17) is 10.1 Å². The first kappa shape index (κ1) is 32.4. The third-order valence-corrected chi connectivity index (χ3v) is 8.07. The second-order valence-corrected chi connectivity index (χ2v) is 11.2. The summed E-state index contributed by atoms with van der Waals surface area (Å²) in [6.45, 7) is 9.28. The fraction of sp³-hybridized carbons (Fsp3) is 0.371. The molecule has 0 aliphatic carbocycles. The van der Waals surface area contributed by atoms with Crippen LogP contribution in [0.3, 0.4) is 0 Å². The van der Waals surface area contributed by atoms with Crippen molar-refractivity contribution >= 4 is 40.3 Å². The summed E-state index contributed by atoms with van der Waals surface area (Å²) in [5, 5.41) is 14.2. The summed E-state index contributed by atoms with van der Waals surface area (Å²) >= 11 is 0. The minimum absolute atomic E-state index is 0.0104. The Labute approximate surface area is 259 Å².